The molecule has 0 unspecified atom stereocenters. The van der Waals surface area contributed by atoms with Gasteiger partial charge in [0.05, 0.1) is 11.0 Å². The molecule has 53 heavy (non-hydrogen) atoms. The van der Waals surface area contributed by atoms with Crippen molar-refractivity contribution >= 4 is 108 Å². The maximum absolute atomic E-state index is 10.9. The first-order chi connectivity index (χ1) is 25.9. The first-order valence-electron chi connectivity index (χ1n) is 17.3. The van der Waals surface area contributed by atoms with Gasteiger partial charge in [0.2, 0.25) is 0 Å². The van der Waals surface area contributed by atoms with Crippen LogP contribution in [0.5, 0.6) is 5.75 Å². The molecule has 0 atom stereocenters. The number of imidazole rings is 1. The number of fused-ring (bicyclic) bond motifs is 6. The summed E-state index contributed by atoms with van der Waals surface area (Å²) in [6.07, 6.45) is 0. The number of aromatic hydroxyl groups is 1. The van der Waals surface area contributed by atoms with Crippen LogP contribution in [-0.2, 0) is 0 Å². The van der Waals surface area contributed by atoms with Gasteiger partial charge in [0.25, 0.3) is 0 Å². The summed E-state index contributed by atoms with van der Waals surface area (Å²) in [4.78, 5) is 4.97. The first-order valence-corrected chi connectivity index (χ1v) is 17.3. The maximum atomic E-state index is 10.9. The van der Waals surface area contributed by atoms with Crippen LogP contribution in [0.25, 0.3) is 93.8 Å². The van der Waals surface area contributed by atoms with Crippen molar-refractivity contribution in [3.8, 4) is 45.1 Å². The molecule has 8 radical (unpaired) electrons. The molecular formula is C45H24B4N2O2. The Bertz CT molecular complexity index is 3060. The average Bonchev–Trinajstić information content (AvgIpc) is 3.77. The number of nitrogens with zero attached hydrogens (tertiary/aromatic N) is 2. The summed E-state index contributed by atoms with van der Waals surface area (Å²) < 4.78 is 8.34. The highest BCUT2D eigenvalue weighted by molar-refractivity contribution is 6.62. The molecule has 0 bridgehead atoms. The summed E-state index contributed by atoms with van der Waals surface area (Å²) in [6, 6.07) is 47.9. The zero-order valence-electron chi connectivity index (χ0n) is 28.3. The molecule has 10 aromatic rings. The van der Waals surface area contributed by atoms with Gasteiger partial charge in [-0.05, 0) is 85.7 Å². The lowest BCUT2D eigenvalue weighted by Crippen LogP contribution is -2.44. The molecule has 238 valence electrons. The fraction of sp³-hybridized carbons (Fsp3) is 0. The van der Waals surface area contributed by atoms with Crippen LogP contribution in [0, 0.1) is 0 Å². The number of benzene rings is 8. The number of hydrogen-bond acceptors (Lipinski definition) is 3. The van der Waals surface area contributed by atoms with Gasteiger partial charge in [-0.1, -0.05) is 114 Å². The highest BCUT2D eigenvalue weighted by Crippen LogP contribution is 2.47. The predicted molar refractivity (Wildman–Crippen MR) is 223 cm³/mol. The Balaban J connectivity index is 1.26. The van der Waals surface area contributed by atoms with Crippen molar-refractivity contribution in [3.05, 3.63) is 140 Å². The van der Waals surface area contributed by atoms with Gasteiger partial charge in [0, 0.05) is 22.0 Å². The van der Waals surface area contributed by atoms with Gasteiger partial charge in [-0.25, -0.2) is 4.98 Å². The van der Waals surface area contributed by atoms with E-state index < -0.39 is 0 Å². The lowest BCUT2D eigenvalue weighted by Gasteiger charge is -2.21. The van der Waals surface area contributed by atoms with E-state index >= 15 is 0 Å². The molecule has 0 aliphatic carbocycles. The quantitative estimate of drug-likeness (QED) is 0.161. The molecule has 0 aliphatic rings. The molecule has 0 spiro atoms. The number of phenols is 1. The maximum Gasteiger partial charge on any atom is 0.144 e. The zero-order chi connectivity index (χ0) is 36.0. The van der Waals surface area contributed by atoms with Gasteiger partial charge in [-0.2, -0.15) is 0 Å². The summed E-state index contributed by atoms with van der Waals surface area (Å²) >= 11 is 0. The largest absolute Gasteiger partial charge is 0.509 e. The molecule has 8 aromatic carbocycles. The molecule has 8 heteroatoms. The second kappa shape index (κ2) is 11.8. The van der Waals surface area contributed by atoms with E-state index in [4.69, 9.17) is 40.8 Å². The van der Waals surface area contributed by atoms with Crippen molar-refractivity contribution in [1.29, 1.82) is 0 Å². The molecule has 2 heterocycles. The van der Waals surface area contributed by atoms with Crippen LogP contribution in [0.4, 0.5) is 0 Å². The number of phenolic OH excluding ortho intramolecular Hbond substituents is 1. The minimum Gasteiger partial charge on any atom is -0.509 e. The van der Waals surface area contributed by atoms with E-state index in [1.807, 2.05) is 59.2 Å². The third-order valence-electron chi connectivity index (χ3n) is 10.4. The number of para-hydroxylation sites is 3. The van der Waals surface area contributed by atoms with Crippen molar-refractivity contribution in [1.82, 2.24) is 9.55 Å². The summed E-state index contributed by atoms with van der Waals surface area (Å²) in [5.74, 6) is 0.113. The van der Waals surface area contributed by atoms with E-state index in [0.29, 0.717) is 11.4 Å². The Labute approximate surface area is 310 Å². The second-order valence-electron chi connectivity index (χ2n) is 13.3. The Kier molecular flexibility index (Phi) is 7.00. The van der Waals surface area contributed by atoms with Gasteiger partial charge < -0.3 is 9.52 Å². The highest BCUT2D eigenvalue weighted by atomic mass is 16.3. The van der Waals surface area contributed by atoms with Gasteiger partial charge >= 0.3 is 0 Å². The van der Waals surface area contributed by atoms with Crippen molar-refractivity contribution in [2.45, 2.75) is 0 Å². The van der Waals surface area contributed by atoms with Crippen molar-refractivity contribution < 1.29 is 9.52 Å². The molecule has 0 aliphatic heterocycles. The fourth-order valence-electron chi connectivity index (χ4n) is 8.02. The van der Waals surface area contributed by atoms with Crippen molar-refractivity contribution in [3.63, 3.8) is 0 Å². The minimum absolute atomic E-state index is 0.00917. The molecular weight excluding hydrogens is 644 g/mol. The molecule has 0 fully saturated rings. The third-order valence-corrected chi connectivity index (χ3v) is 10.4. The van der Waals surface area contributed by atoms with Gasteiger partial charge in [0.15, 0.2) is 0 Å². The van der Waals surface area contributed by atoms with E-state index in [9.17, 15) is 5.11 Å². The van der Waals surface area contributed by atoms with Crippen LogP contribution < -0.4 is 21.9 Å². The number of rotatable bonds is 4. The van der Waals surface area contributed by atoms with E-state index in [-0.39, 0.29) is 27.6 Å². The zero-order valence-corrected chi connectivity index (χ0v) is 28.3. The molecule has 1 N–H and O–H groups in total. The van der Waals surface area contributed by atoms with Crippen LogP contribution >= 0.6 is 0 Å². The van der Waals surface area contributed by atoms with Crippen LogP contribution in [0.2, 0.25) is 0 Å². The predicted octanol–water partition coefficient (Wildman–Crippen LogP) is 7.11. The van der Waals surface area contributed by atoms with E-state index in [1.165, 1.54) is 0 Å². The number of hydrogen-bond donors (Lipinski definition) is 1. The summed E-state index contributed by atoms with van der Waals surface area (Å²) in [5.41, 5.74) is 8.96. The SMILES string of the molecule is [B]c1c([B])c(O)c([B])c(-c2nc3ccccc3n2-c2cccc(-c3c4ccccc4c(-c4cccc5oc6ccccc6c45)c4ccccc34)c2)c1[B]. The molecule has 0 amide bonds. The molecule has 2 aromatic heterocycles. The fourth-order valence-corrected chi connectivity index (χ4v) is 8.02. The third kappa shape index (κ3) is 4.58. The Morgan fingerprint density at radius 1 is 0.509 bits per heavy atom. The standard InChI is InChI=1S/C45H24B4N2O2/c46-40-39(41(47)44(52)43(49)42(40)48)45-50-32-19-6-7-20-33(32)51(45)25-12-9-11-24(23-25)36-26-13-1-3-15-28(26)37(29-16-4-2-14-27(29)36)31-18-10-22-35-38(31)30-17-5-8-21-34(30)53-35/h1-23,52H. The summed E-state index contributed by atoms with van der Waals surface area (Å²) in [6.45, 7) is 0. The van der Waals surface area contributed by atoms with E-state index in [0.717, 1.165) is 82.5 Å². The van der Waals surface area contributed by atoms with Crippen molar-refractivity contribution in [2.24, 2.45) is 0 Å². The van der Waals surface area contributed by atoms with Gasteiger partial charge in [0.1, 0.15) is 54.1 Å². The van der Waals surface area contributed by atoms with E-state index in [1.54, 1.807) is 0 Å². The Morgan fingerprint density at radius 3 is 1.85 bits per heavy atom. The van der Waals surface area contributed by atoms with Crippen LogP contribution in [0.15, 0.2) is 144 Å². The van der Waals surface area contributed by atoms with E-state index in [2.05, 4.69) is 84.9 Å². The molecule has 0 saturated carbocycles. The molecule has 4 nitrogen and oxygen atoms in total. The van der Waals surface area contributed by atoms with Gasteiger partial charge in [-0.15, -0.1) is 5.46 Å². The van der Waals surface area contributed by atoms with Crippen molar-refractivity contribution in [2.75, 3.05) is 0 Å². The summed E-state index contributed by atoms with van der Waals surface area (Å²) in [7, 11) is 25.4. The highest BCUT2D eigenvalue weighted by Gasteiger charge is 2.23. The normalized spacial score (nSPS) is 11.8. The minimum atomic E-state index is -0.323. The van der Waals surface area contributed by atoms with Crippen LogP contribution in [-0.4, -0.2) is 46.0 Å². The summed E-state index contributed by atoms with van der Waals surface area (Å²) in [5, 5.41) is 17.5. The number of aromatic nitrogens is 2. The first kappa shape index (κ1) is 31.4. The number of furan rings is 1. The molecule has 10 rings (SSSR count). The average molecular weight is 668 g/mol. The monoisotopic (exact) mass is 668 g/mol. The molecule has 0 saturated heterocycles. The van der Waals surface area contributed by atoms with Gasteiger partial charge in [-0.3, -0.25) is 4.57 Å². The Morgan fingerprint density at radius 2 is 1.11 bits per heavy atom. The lowest BCUT2D eigenvalue weighted by molar-refractivity contribution is 0.484. The second-order valence-corrected chi connectivity index (χ2v) is 13.3. The van der Waals surface area contributed by atoms with Crippen LogP contribution in [0.1, 0.15) is 0 Å². The Hall–Kier alpha value is -6.39. The topological polar surface area (TPSA) is 51.2 Å². The lowest BCUT2D eigenvalue weighted by atomic mass is 9.66. The van der Waals surface area contributed by atoms with Crippen LogP contribution in [0.3, 0.4) is 0 Å². The smallest absolute Gasteiger partial charge is 0.144 e.